The zero-order valence-corrected chi connectivity index (χ0v) is 15.7. The summed E-state index contributed by atoms with van der Waals surface area (Å²) in [6.45, 7) is 7.45. The zero-order valence-electron chi connectivity index (χ0n) is 15.7. The highest BCUT2D eigenvalue weighted by atomic mass is 16.6. The Balaban J connectivity index is 1.93. The van der Waals surface area contributed by atoms with Crippen LogP contribution in [0.15, 0.2) is 24.3 Å². The van der Waals surface area contributed by atoms with Crippen LogP contribution in [0, 0.1) is 0 Å². The molecule has 0 aromatic heterocycles. The maximum absolute atomic E-state index is 12.1. The van der Waals surface area contributed by atoms with Gasteiger partial charge in [-0.05, 0) is 38.5 Å². The number of carbonyl (C=O) groups excluding carboxylic acids is 1. The number of ether oxygens (including phenoxy) is 2. The van der Waals surface area contributed by atoms with E-state index in [4.69, 9.17) is 9.47 Å². The van der Waals surface area contributed by atoms with Crippen LogP contribution in [0.2, 0.25) is 0 Å². The van der Waals surface area contributed by atoms with E-state index < -0.39 is 17.6 Å². The minimum Gasteiger partial charge on any atom is -0.497 e. The maximum atomic E-state index is 12.1. The molecule has 0 spiro atoms. The molecule has 1 unspecified atom stereocenters. The predicted octanol–water partition coefficient (Wildman–Crippen LogP) is 1.88. The van der Waals surface area contributed by atoms with Gasteiger partial charge in [-0.3, -0.25) is 4.79 Å². The molecule has 8 nitrogen and oxygen atoms in total. The second-order valence-corrected chi connectivity index (χ2v) is 7.13. The number of nitrogens with zero attached hydrogens (tertiary/aromatic N) is 2. The van der Waals surface area contributed by atoms with Crippen LogP contribution >= 0.6 is 0 Å². The van der Waals surface area contributed by atoms with E-state index in [2.05, 4.69) is 5.43 Å². The number of nitrogens with one attached hydrogen (secondary N) is 1. The fourth-order valence-electron chi connectivity index (χ4n) is 2.60. The van der Waals surface area contributed by atoms with Crippen LogP contribution in [0.25, 0.3) is 0 Å². The maximum Gasteiger partial charge on any atom is 0.410 e. The van der Waals surface area contributed by atoms with Gasteiger partial charge in [-0.2, -0.15) is 0 Å². The highest BCUT2D eigenvalue weighted by Crippen LogP contribution is 2.19. The third-order valence-corrected chi connectivity index (χ3v) is 3.94. The number of carbonyl (C=O) groups is 2. The summed E-state index contributed by atoms with van der Waals surface area (Å²) >= 11 is 0. The number of rotatable bonds is 5. The lowest BCUT2D eigenvalue weighted by atomic mass is 10.1. The summed E-state index contributed by atoms with van der Waals surface area (Å²) in [5.41, 5.74) is 3.13. The Labute approximate surface area is 153 Å². The molecule has 1 aliphatic heterocycles. The molecule has 0 bridgehead atoms. The smallest absolute Gasteiger partial charge is 0.410 e. The predicted molar refractivity (Wildman–Crippen MR) is 95.9 cm³/mol. The quantitative estimate of drug-likeness (QED) is 0.823. The second kappa shape index (κ2) is 8.37. The minimum absolute atomic E-state index is 0.345. The van der Waals surface area contributed by atoms with E-state index >= 15 is 0 Å². The van der Waals surface area contributed by atoms with Gasteiger partial charge in [-0.25, -0.2) is 15.2 Å². The number of piperazine rings is 1. The minimum atomic E-state index is -0.968. The molecule has 1 heterocycles. The van der Waals surface area contributed by atoms with Gasteiger partial charge in [0.2, 0.25) is 0 Å². The first-order valence-corrected chi connectivity index (χ1v) is 8.55. The van der Waals surface area contributed by atoms with Gasteiger partial charge in [0.1, 0.15) is 17.4 Å². The Morgan fingerprint density at radius 1 is 1.12 bits per heavy atom. The molecule has 0 radical (unpaired) electrons. The Kier molecular flexibility index (Phi) is 6.44. The summed E-state index contributed by atoms with van der Waals surface area (Å²) in [5, 5.41) is 11.4. The van der Waals surface area contributed by atoms with Gasteiger partial charge >= 0.3 is 12.1 Å². The molecule has 0 aliphatic carbocycles. The van der Waals surface area contributed by atoms with Crippen LogP contribution in [0.3, 0.4) is 0 Å². The molecule has 0 saturated carbocycles. The van der Waals surface area contributed by atoms with Gasteiger partial charge < -0.3 is 19.5 Å². The fraction of sp³-hybridized carbons (Fsp3) is 0.556. The van der Waals surface area contributed by atoms with Crippen molar-refractivity contribution in [1.29, 1.82) is 0 Å². The number of aliphatic carboxylic acids is 1. The summed E-state index contributed by atoms with van der Waals surface area (Å²) < 4.78 is 10.5. The van der Waals surface area contributed by atoms with Crippen LogP contribution < -0.4 is 10.2 Å². The lowest BCUT2D eigenvalue weighted by Gasteiger charge is -2.36. The lowest BCUT2D eigenvalue weighted by molar-refractivity contribution is -0.141. The van der Waals surface area contributed by atoms with Crippen molar-refractivity contribution >= 4 is 12.1 Å². The molecular weight excluding hydrogens is 338 g/mol. The van der Waals surface area contributed by atoms with E-state index in [0.717, 1.165) is 0 Å². The highest BCUT2D eigenvalue weighted by molar-refractivity contribution is 5.75. The summed E-state index contributed by atoms with van der Waals surface area (Å²) in [6.07, 6.45) is -0.345. The SMILES string of the molecule is COc1ccc(C(NN2CCN(C(=O)OC(C)(C)C)CC2)C(=O)O)cc1. The Morgan fingerprint density at radius 3 is 2.15 bits per heavy atom. The van der Waals surface area contributed by atoms with Crippen LogP contribution in [-0.4, -0.2) is 66.0 Å². The third kappa shape index (κ3) is 5.60. The number of carboxylic acid groups (broad SMARTS) is 1. The molecule has 8 heteroatoms. The van der Waals surface area contributed by atoms with Crippen molar-refractivity contribution in [2.45, 2.75) is 32.4 Å². The summed E-state index contributed by atoms with van der Waals surface area (Å²) in [7, 11) is 1.56. The normalized spacial score (nSPS) is 16.8. The number of amides is 1. The van der Waals surface area contributed by atoms with Crippen LogP contribution in [0.5, 0.6) is 5.75 Å². The first-order chi connectivity index (χ1) is 12.2. The largest absolute Gasteiger partial charge is 0.497 e. The van der Waals surface area contributed by atoms with E-state index in [1.807, 2.05) is 25.8 Å². The van der Waals surface area contributed by atoms with Crippen LogP contribution in [-0.2, 0) is 9.53 Å². The Morgan fingerprint density at radius 2 is 1.69 bits per heavy atom. The molecule has 2 N–H and O–H groups in total. The van der Waals surface area contributed by atoms with Crippen LogP contribution in [0.1, 0.15) is 32.4 Å². The summed E-state index contributed by atoms with van der Waals surface area (Å²) in [5.74, 6) is -0.298. The van der Waals surface area contributed by atoms with Gasteiger partial charge in [-0.15, -0.1) is 0 Å². The molecule has 1 aromatic carbocycles. The van der Waals surface area contributed by atoms with Crippen molar-refractivity contribution < 1.29 is 24.2 Å². The molecule has 2 rings (SSSR count). The molecule has 144 valence electrons. The van der Waals surface area contributed by atoms with E-state index in [1.54, 1.807) is 36.3 Å². The van der Waals surface area contributed by atoms with E-state index in [-0.39, 0.29) is 6.09 Å². The van der Waals surface area contributed by atoms with Gasteiger partial charge in [0, 0.05) is 26.2 Å². The highest BCUT2D eigenvalue weighted by Gasteiger charge is 2.28. The number of hydrogen-bond acceptors (Lipinski definition) is 6. The first-order valence-electron chi connectivity index (χ1n) is 8.55. The number of benzene rings is 1. The molecular formula is C18H27N3O5. The molecule has 1 aliphatic rings. The number of hydrazine groups is 1. The Bertz CT molecular complexity index is 619. The second-order valence-electron chi connectivity index (χ2n) is 7.13. The Hall–Kier alpha value is -2.32. The van der Waals surface area contributed by atoms with Crippen molar-refractivity contribution in [3.63, 3.8) is 0 Å². The van der Waals surface area contributed by atoms with Gasteiger partial charge in [-0.1, -0.05) is 12.1 Å². The molecule has 1 fully saturated rings. The lowest BCUT2D eigenvalue weighted by Crippen LogP contribution is -2.55. The number of carboxylic acids is 1. The third-order valence-electron chi connectivity index (χ3n) is 3.94. The van der Waals surface area contributed by atoms with Crippen molar-refractivity contribution in [3.8, 4) is 5.75 Å². The standard InChI is InChI=1S/C18H27N3O5/c1-18(2,3)26-17(24)20-9-11-21(12-10-20)19-15(16(22)23)13-5-7-14(25-4)8-6-13/h5-8,15,19H,9-12H2,1-4H3,(H,22,23). The van der Waals surface area contributed by atoms with Gasteiger partial charge in [0.05, 0.1) is 7.11 Å². The number of hydrogen-bond donors (Lipinski definition) is 2. The molecule has 26 heavy (non-hydrogen) atoms. The van der Waals surface area contributed by atoms with Crippen molar-refractivity contribution in [2.24, 2.45) is 0 Å². The van der Waals surface area contributed by atoms with E-state index in [1.165, 1.54) is 0 Å². The fourth-order valence-corrected chi connectivity index (χ4v) is 2.60. The van der Waals surface area contributed by atoms with Crippen molar-refractivity contribution in [1.82, 2.24) is 15.3 Å². The van der Waals surface area contributed by atoms with Gasteiger partial charge in [0.25, 0.3) is 0 Å². The van der Waals surface area contributed by atoms with E-state index in [0.29, 0.717) is 37.5 Å². The average molecular weight is 365 g/mol. The summed E-state index contributed by atoms with van der Waals surface area (Å²) in [6, 6.07) is 6.04. The molecule has 1 aromatic rings. The summed E-state index contributed by atoms with van der Waals surface area (Å²) in [4.78, 5) is 25.4. The molecule has 1 saturated heterocycles. The van der Waals surface area contributed by atoms with E-state index in [9.17, 15) is 14.7 Å². The topological polar surface area (TPSA) is 91.3 Å². The monoisotopic (exact) mass is 365 g/mol. The molecule has 1 amide bonds. The molecule has 1 atom stereocenters. The average Bonchev–Trinajstić information content (AvgIpc) is 2.58. The van der Waals surface area contributed by atoms with Crippen molar-refractivity contribution in [2.75, 3.05) is 33.3 Å². The van der Waals surface area contributed by atoms with Gasteiger partial charge in [0.15, 0.2) is 0 Å². The zero-order chi connectivity index (χ0) is 19.3. The van der Waals surface area contributed by atoms with Crippen LogP contribution in [0.4, 0.5) is 4.79 Å². The van der Waals surface area contributed by atoms with Crippen molar-refractivity contribution in [3.05, 3.63) is 29.8 Å². The first kappa shape index (κ1) is 20.0. The number of methoxy groups -OCH3 is 1.